The van der Waals surface area contributed by atoms with Crippen LogP contribution in [0.4, 0.5) is 5.69 Å². The Morgan fingerprint density at radius 3 is 2.54 bits per heavy atom. The zero-order valence-corrected chi connectivity index (χ0v) is 22.5. The van der Waals surface area contributed by atoms with Gasteiger partial charge in [-0.3, -0.25) is 24.2 Å². The molecule has 1 fully saturated rings. The molecule has 0 N–H and O–H groups in total. The predicted molar refractivity (Wildman–Crippen MR) is 152 cm³/mol. The number of ether oxygens (including phenoxy) is 1. The van der Waals surface area contributed by atoms with E-state index in [9.17, 15) is 14.9 Å². The van der Waals surface area contributed by atoms with Crippen molar-refractivity contribution in [1.82, 2.24) is 19.2 Å². The fourth-order valence-electron chi connectivity index (χ4n) is 5.12. The maximum absolute atomic E-state index is 13.1. The second-order valence-corrected chi connectivity index (χ2v) is 10.7. The van der Waals surface area contributed by atoms with Crippen LogP contribution in [0.1, 0.15) is 21.6 Å². The lowest BCUT2D eigenvalue weighted by atomic mass is 10.1. The summed E-state index contributed by atoms with van der Waals surface area (Å²) in [6, 6.07) is 20.4. The molecule has 39 heavy (non-hydrogen) atoms. The first-order valence-corrected chi connectivity index (χ1v) is 13.5. The number of thiazole rings is 1. The minimum Gasteiger partial charge on any atom is -0.497 e. The minimum atomic E-state index is -0.475. The molecule has 10 heteroatoms. The van der Waals surface area contributed by atoms with E-state index in [0.29, 0.717) is 38.3 Å². The average Bonchev–Trinajstić information content (AvgIpc) is 3.49. The van der Waals surface area contributed by atoms with E-state index in [2.05, 4.69) is 34.4 Å². The third kappa shape index (κ3) is 4.73. The van der Waals surface area contributed by atoms with Crippen LogP contribution in [0.15, 0.2) is 66.7 Å². The molecule has 198 valence electrons. The Morgan fingerprint density at radius 1 is 1.05 bits per heavy atom. The number of carbonyl (C=O) groups excluding carboxylic acids is 1. The molecule has 5 aromatic rings. The van der Waals surface area contributed by atoms with Gasteiger partial charge in [0.1, 0.15) is 5.75 Å². The van der Waals surface area contributed by atoms with E-state index in [1.165, 1.54) is 22.4 Å². The van der Waals surface area contributed by atoms with Gasteiger partial charge in [0.15, 0.2) is 4.96 Å². The van der Waals surface area contributed by atoms with E-state index >= 15 is 0 Å². The standard InChI is InChI=1S/C29H27N5O4S/c1-19-6-11-24-26(16-19)39-29-30-27(20-7-9-23(38-2)10-8-20)25(33(24)29)18-31-12-14-32(15-13-31)28(35)21-4-3-5-22(17-21)34(36)37/h3-11,16-17H,12-15,18H2,1-2H3. The van der Waals surface area contributed by atoms with Crippen molar-refractivity contribution in [1.29, 1.82) is 0 Å². The molecule has 1 saturated heterocycles. The summed E-state index contributed by atoms with van der Waals surface area (Å²) in [7, 11) is 1.66. The highest BCUT2D eigenvalue weighted by Crippen LogP contribution is 2.35. The normalized spacial score (nSPS) is 14.3. The lowest BCUT2D eigenvalue weighted by Crippen LogP contribution is -2.48. The Morgan fingerprint density at radius 2 is 1.82 bits per heavy atom. The lowest BCUT2D eigenvalue weighted by molar-refractivity contribution is -0.384. The molecule has 0 bridgehead atoms. The minimum absolute atomic E-state index is 0.0755. The number of fused-ring (bicyclic) bond motifs is 3. The number of aryl methyl sites for hydroxylation is 1. The van der Waals surface area contributed by atoms with Gasteiger partial charge in [0.2, 0.25) is 0 Å². The van der Waals surface area contributed by atoms with Crippen LogP contribution in [0.2, 0.25) is 0 Å². The highest BCUT2D eigenvalue weighted by Gasteiger charge is 2.26. The fraction of sp³-hybridized carbons (Fsp3) is 0.241. The molecule has 2 aromatic heterocycles. The van der Waals surface area contributed by atoms with Crippen LogP contribution in [-0.2, 0) is 6.54 Å². The molecule has 1 amide bonds. The lowest BCUT2D eigenvalue weighted by Gasteiger charge is -2.34. The molecule has 1 aliphatic heterocycles. The SMILES string of the molecule is COc1ccc(-c2nc3sc4cc(C)ccc4n3c2CN2CCN(C(=O)c3cccc([N+](=O)[O-])c3)CC2)cc1. The maximum atomic E-state index is 13.1. The number of non-ortho nitro benzene ring substituents is 1. The van der Waals surface area contributed by atoms with Crippen molar-refractivity contribution >= 4 is 38.1 Å². The summed E-state index contributed by atoms with van der Waals surface area (Å²) in [5.74, 6) is 0.620. The predicted octanol–water partition coefficient (Wildman–Crippen LogP) is 5.40. The van der Waals surface area contributed by atoms with Crippen molar-refractivity contribution in [2.45, 2.75) is 13.5 Å². The average molecular weight is 542 g/mol. The molecule has 0 saturated carbocycles. The van der Waals surface area contributed by atoms with Crippen molar-refractivity contribution in [3.63, 3.8) is 0 Å². The van der Waals surface area contributed by atoms with Gasteiger partial charge in [-0.1, -0.05) is 23.5 Å². The number of aromatic nitrogens is 2. The number of carbonyl (C=O) groups is 1. The number of imidazole rings is 1. The first kappa shape index (κ1) is 25.0. The molecule has 3 heterocycles. The van der Waals surface area contributed by atoms with Gasteiger partial charge in [-0.25, -0.2) is 4.98 Å². The zero-order valence-electron chi connectivity index (χ0n) is 21.7. The van der Waals surface area contributed by atoms with Crippen LogP contribution < -0.4 is 4.74 Å². The summed E-state index contributed by atoms with van der Waals surface area (Å²) >= 11 is 1.69. The number of benzene rings is 3. The zero-order chi connectivity index (χ0) is 27.1. The smallest absolute Gasteiger partial charge is 0.270 e. The molecule has 9 nitrogen and oxygen atoms in total. The van der Waals surface area contributed by atoms with Gasteiger partial charge in [0.05, 0.1) is 33.6 Å². The molecule has 3 aromatic carbocycles. The van der Waals surface area contributed by atoms with Crippen LogP contribution in [0.3, 0.4) is 0 Å². The Bertz CT molecular complexity index is 1700. The third-order valence-corrected chi connectivity index (χ3v) is 8.20. The number of methoxy groups -OCH3 is 1. The Labute approximate surface area is 229 Å². The van der Waals surface area contributed by atoms with E-state index in [1.54, 1.807) is 35.5 Å². The second kappa shape index (κ2) is 10.1. The summed E-state index contributed by atoms with van der Waals surface area (Å²) in [5.41, 5.74) is 5.72. The van der Waals surface area contributed by atoms with Gasteiger partial charge in [0, 0.05) is 56.0 Å². The van der Waals surface area contributed by atoms with Crippen LogP contribution in [0.25, 0.3) is 26.4 Å². The summed E-state index contributed by atoms with van der Waals surface area (Å²) in [5, 5.41) is 11.1. The number of nitrogens with zero attached hydrogens (tertiary/aromatic N) is 5. The van der Waals surface area contributed by atoms with Crippen molar-refractivity contribution < 1.29 is 14.5 Å². The molecule has 0 spiro atoms. The maximum Gasteiger partial charge on any atom is 0.270 e. The number of hydrogen-bond donors (Lipinski definition) is 0. The number of amides is 1. The topological polar surface area (TPSA) is 93.2 Å². The van der Waals surface area contributed by atoms with Crippen molar-refractivity contribution in [3.8, 4) is 17.0 Å². The van der Waals surface area contributed by atoms with E-state index < -0.39 is 4.92 Å². The van der Waals surface area contributed by atoms with E-state index in [1.807, 2.05) is 24.3 Å². The molecule has 0 aliphatic carbocycles. The number of hydrogen-bond acceptors (Lipinski definition) is 7. The summed E-state index contributed by atoms with van der Waals surface area (Å²) < 4.78 is 8.82. The van der Waals surface area contributed by atoms with Gasteiger partial charge in [0.25, 0.3) is 11.6 Å². The van der Waals surface area contributed by atoms with Crippen molar-refractivity contribution in [2.24, 2.45) is 0 Å². The van der Waals surface area contributed by atoms with E-state index in [4.69, 9.17) is 9.72 Å². The third-order valence-electron chi connectivity index (χ3n) is 7.20. The molecular weight excluding hydrogens is 514 g/mol. The van der Waals surface area contributed by atoms with Crippen LogP contribution in [-0.4, -0.2) is 63.3 Å². The highest BCUT2D eigenvalue weighted by atomic mass is 32.1. The van der Waals surface area contributed by atoms with Crippen LogP contribution in [0.5, 0.6) is 5.75 Å². The Kier molecular flexibility index (Phi) is 6.49. The van der Waals surface area contributed by atoms with E-state index in [0.717, 1.165) is 33.2 Å². The highest BCUT2D eigenvalue weighted by molar-refractivity contribution is 7.23. The van der Waals surface area contributed by atoms with Gasteiger partial charge in [-0.2, -0.15) is 0 Å². The monoisotopic (exact) mass is 541 g/mol. The first-order chi connectivity index (χ1) is 18.9. The van der Waals surface area contributed by atoms with Crippen LogP contribution >= 0.6 is 11.3 Å². The number of piperazine rings is 1. The summed E-state index contributed by atoms with van der Waals surface area (Å²) in [6.07, 6.45) is 0. The number of rotatable bonds is 6. The van der Waals surface area contributed by atoms with Crippen LogP contribution in [0, 0.1) is 17.0 Å². The van der Waals surface area contributed by atoms with Gasteiger partial charge in [-0.15, -0.1) is 0 Å². The van der Waals surface area contributed by atoms with Crippen molar-refractivity contribution in [3.05, 3.63) is 93.7 Å². The van der Waals surface area contributed by atoms with Gasteiger partial charge >= 0.3 is 0 Å². The number of nitro groups is 1. The molecule has 0 atom stereocenters. The van der Waals surface area contributed by atoms with Crippen molar-refractivity contribution in [2.75, 3.05) is 33.3 Å². The second-order valence-electron chi connectivity index (χ2n) is 9.70. The molecule has 0 radical (unpaired) electrons. The first-order valence-electron chi connectivity index (χ1n) is 12.7. The molecule has 1 aliphatic rings. The fourth-order valence-corrected chi connectivity index (χ4v) is 6.26. The summed E-state index contributed by atoms with van der Waals surface area (Å²) in [6.45, 7) is 5.26. The molecule has 6 rings (SSSR count). The summed E-state index contributed by atoms with van der Waals surface area (Å²) in [4.78, 5) is 33.9. The largest absolute Gasteiger partial charge is 0.497 e. The number of nitro benzene ring substituents is 1. The van der Waals surface area contributed by atoms with Gasteiger partial charge in [-0.05, 0) is 55.0 Å². The molecule has 0 unspecified atom stereocenters. The quantitative estimate of drug-likeness (QED) is 0.211. The van der Waals surface area contributed by atoms with Gasteiger partial charge < -0.3 is 9.64 Å². The molecular formula is C29H27N5O4S. The van der Waals surface area contributed by atoms with E-state index in [-0.39, 0.29) is 11.6 Å². The Balaban J connectivity index is 1.28. The Hall–Kier alpha value is -4.28.